The lowest BCUT2D eigenvalue weighted by Crippen LogP contribution is -2.25. The highest BCUT2D eigenvalue weighted by atomic mass is 19.1. The summed E-state index contributed by atoms with van der Waals surface area (Å²) in [6.45, 7) is 7.27. The number of rotatable bonds is 5. The molecule has 0 aromatic heterocycles. The average molecular weight is 209 g/mol. The fourth-order valence-electron chi connectivity index (χ4n) is 1.76. The van der Waals surface area contributed by atoms with Crippen molar-refractivity contribution >= 4 is 0 Å². The van der Waals surface area contributed by atoms with Crippen molar-refractivity contribution in [3.8, 4) is 0 Å². The van der Waals surface area contributed by atoms with Crippen molar-refractivity contribution in [1.29, 1.82) is 0 Å². The van der Waals surface area contributed by atoms with E-state index in [1.165, 1.54) is 5.56 Å². The second-order valence-electron chi connectivity index (χ2n) is 4.07. The number of hydrogen-bond acceptors (Lipinski definition) is 1. The molecular weight excluding hydrogens is 189 g/mol. The third kappa shape index (κ3) is 4.00. The highest BCUT2D eigenvalue weighted by Crippen LogP contribution is 2.12. The summed E-state index contributed by atoms with van der Waals surface area (Å²) < 4.78 is 12.9. The Morgan fingerprint density at radius 1 is 1.40 bits per heavy atom. The van der Waals surface area contributed by atoms with Gasteiger partial charge in [-0.1, -0.05) is 13.0 Å². The van der Waals surface area contributed by atoms with Crippen LogP contribution < -0.4 is 5.32 Å². The van der Waals surface area contributed by atoms with Crippen LogP contribution in [0.4, 0.5) is 4.39 Å². The largest absolute Gasteiger partial charge is 0.315 e. The lowest BCUT2D eigenvalue weighted by atomic mass is 10.0. The van der Waals surface area contributed by atoms with Crippen molar-refractivity contribution in [1.82, 2.24) is 5.32 Å². The van der Waals surface area contributed by atoms with E-state index in [-0.39, 0.29) is 5.82 Å². The van der Waals surface area contributed by atoms with Gasteiger partial charge in [0, 0.05) is 6.04 Å². The molecule has 84 valence electrons. The Hall–Kier alpha value is -0.890. The molecule has 0 saturated heterocycles. The van der Waals surface area contributed by atoms with E-state index >= 15 is 0 Å². The van der Waals surface area contributed by atoms with Crippen molar-refractivity contribution in [2.75, 3.05) is 6.54 Å². The van der Waals surface area contributed by atoms with E-state index < -0.39 is 0 Å². The molecule has 15 heavy (non-hydrogen) atoms. The van der Waals surface area contributed by atoms with E-state index in [0.29, 0.717) is 6.04 Å². The van der Waals surface area contributed by atoms with E-state index in [2.05, 4.69) is 19.2 Å². The molecule has 0 bridgehead atoms. The number of nitrogens with one attached hydrogen (secondary N) is 1. The minimum absolute atomic E-state index is 0.143. The lowest BCUT2D eigenvalue weighted by Gasteiger charge is -2.13. The van der Waals surface area contributed by atoms with Gasteiger partial charge in [0.05, 0.1) is 0 Å². The maximum atomic E-state index is 12.9. The molecule has 1 rings (SSSR count). The Balaban J connectivity index is 2.50. The zero-order valence-corrected chi connectivity index (χ0v) is 9.81. The van der Waals surface area contributed by atoms with Crippen molar-refractivity contribution in [3.05, 3.63) is 35.1 Å². The summed E-state index contributed by atoms with van der Waals surface area (Å²) in [5.74, 6) is -0.143. The van der Waals surface area contributed by atoms with Gasteiger partial charge in [0.2, 0.25) is 0 Å². The molecule has 0 heterocycles. The van der Waals surface area contributed by atoms with E-state index in [1.807, 2.05) is 13.0 Å². The van der Waals surface area contributed by atoms with Crippen LogP contribution in [0.3, 0.4) is 0 Å². The molecule has 0 spiro atoms. The molecule has 0 fully saturated rings. The molecular formula is C13H20FN. The minimum atomic E-state index is -0.143. The minimum Gasteiger partial charge on any atom is -0.315 e. The van der Waals surface area contributed by atoms with E-state index in [4.69, 9.17) is 0 Å². The van der Waals surface area contributed by atoms with Crippen LogP contribution in [-0.2, 0) is 6.42 Å². The van der Waals surface area contributed by atoms with Crippen LogP contribution >= 0.6 is 0 Å². The summed E-state index contributed by atoms with van der Waals surface area (Å²) in [5, 5.41) is 3.37. The van der Waals surface area contributed by atoms with Gasteiger partial charge in [0.15, 0.2) is 0 Å². The summed E-state index contributed by atoms with van der Waals surface area (Å²) in [5.41, 5.74) is 2.31. The molecule has 0 amide bonds. The van der Waals surface area contributed by atoms with E-state index in [9.17, 15) is 4.39 Å². The molecule has 0 aliphatic rings. The predicted octanol–water partition coefficient (Wildman–Crippen LogP) is 3.06. The second-order valence-corrected chi connectivity index (χ2v) is 4.07. The highest BCUT2D eigenvalue weighted by molar-refractivity contribution is 5.26. The van der Waals surface area contributed by atoms with Crippen molar-refractivity contribution in [2.24, 2.45) is 0 Å². The number of hydrogen-bond donors (Lipinski definition) is 1. The van der Waals surface area contributed by atoms with Gasteiger partial charge >= 0.3 is 0 Å². The van der Waals surface area contributed by atoms with Crippen LogP contribution in [0.1, 0.15) is 31.4 Å². The molecule has 1 nitrogen and oxygen atoms in total. The molecule has 1 unspecified atom stereocenters. The molecule has 0 aliphatic heterocycles. The lowest BCUT2D eigenvalue weighted by molar-refractivity contribution is 0.530. The van der Waals surface area contributed by atoms with Crippen LogP contribution in [0, 0.1) is 12.7 Å². The third-order valence-electron chi connectivity index (χ3n) is 2.70. The monoisotopic (exact) mass is 209 g/mol. The standard InChI is InChI=1S/C13H20FN/c1-4-15-11(3)5-6-12-7-8-13(14)9-10(12)2/h7-9,11,15H,4-6H2,1-3H3. The van der Waals surface area contributed by atoms with Crippen LogP contribution in [0.15, 0.2) is 18.2 Å². The first-order valence-electron chi connectivity index (χ1n) is 5.62. The summed E-state index contributed by atoms with van der Waals surface area (Å²) in [7, 11) is 0. The van der Waals surface area contributed by atoms with Crippen LogP contribution in [0.25, 0.3) is 0 Å². The predicted molar refractivity (Wildman–Crippen MR) is 62.6 cm³/mol. The highest BCUT2D eigenvalue weighted by Gasteiger charge is 2.03. The summed E-state index contributed by atoms with van der Waals surface area (Å²) in [6, 6.07) is 5.57. The van der Waals surface area contributed by atoms with Crippen LogP contribution in [0.2, 0.25) is 0 Å². The Morgan fingerprint density at radius 2 is 2.13 bits per heavy atom. The smallest absolute Gasteiger partial charge is 0.123 e. The molecule has 1 aromatic carbocycles. The van der Waals surface area contributed by atoms with Crippen LogP contribution in [0.5, 0.6) is 0 Å². The fraction of sp³-hybridized carbons (Fsp3) is 0.538. The normalized spacial score (nSPS) is 12.8. The molecule has 0 saturated carbocycles. The summed E-state index contributed by atoms with van der Waals surface area (Å²) >= 11 is 0. The van der Waals surface area contributed by atoms with Crippen molar-refractivity contribution in [2.45, 2.75) is 39.7 Å². The van der Waals surface area contributed by atoms with E-state index in [0.717, 1.165) is 24.9 Å². The second kappa shape index (κ2) is 5.86. The number of halogens is 1. The molecule has 0 radical (unpaired) electrons. The molecule has 0 aliphatic carbocycles. The molecule has 1 N–H and O–H groups in total. The third-order valence-corrected chi connectivity index (χ3v) is 2.70. The Labute approximate surface area is 91.7 Å². The van der Waals surface area contributed by atoms with Crippen molar-refractivity contribution < 1.29 is 4.39 Å². The first-order chi connectivity index (χ1) is 7.13. The van der Waals surface area contributed by atoms with Crippen LogP contribution in [-0.4, -0.2) is 12.6 Å². The number of aryl methyl sites for hydroxylation is 2. The van der Waals surface area contributed by atoms with Gasteiger partial charge in [-0.25, -0.2) is 4.39 Å². The fourth-order valence-corrected chi connectivity index (χ4v) is 1.76. The Bertz CT molecular complexity index is 309. The summed E-state index contributed by atoms with van der Waals surface area (Å²) in [6.07, 6.45) is 2.11. The average Bonchev–Trinajstić information content (AvgIpc) is 2.17. The zero-order chi connectivity index (χ0) is 11.3. The van der Waals surface area contributed by atoms with Gasteiger partial charge < -0.3 is 5.32 Å². The van der Waals surface area contributed by atoms with Crippen molar-refractivity contribution in [3.63, 3.8) is 0 Å². The zero-order valence-electron chi connectivity index (χ0n) is 9.81. The maximum Gasteiger partial charge on any atom is 0.123 e. The van der Waals surface area contributed by atoms with Gasteiger partial charge in [-0.05, 0) is 56.5 Å². The van der Waals surface area contributed by atoms with Gasteiger partial charge in [0.1, 0.15) is 5.82 Å². The molecule has 1 atom stereocenters. The molecule has 1 aromatic rings. The topological polar surface area (TPSA) is 12.0 Å². The Kier molecular flexibility index (Phi) is 4.76. The SMILES string of the molecule is CCNC(C)CCc1ccc(F)cc1C. The van der Waals surface area contributed by atoms with Gasteiger partial charge in [0.25, 0.3) is 0 Å². The first kappa shape index (κ1) is 12.2. The molecule has 2 heteroatoms. The van der Waals surface area contributed by atoms with Gasteiger partial charge in [-0.2, -0.15) is 0 Å². The Morgan fingerprint density at radius 3 is 2.73 bits per heavy atom. The maximum absolute atomic E-state index is 12.9. The summed E-state index contributed by atoms with van der Waals surface area (Å²) in [4.78, 5) is 0. The van der Waals surface area contributed by atoms with E-state index in [1.54, 1.807) is 12.1 Å². The number of benzene rings is 1. The first-order valence-corrected chi connectivity index (χ1v) is 5.62. The quantitative estimate of drug-likeness (QED) is 0.786. The van der Waals surface area contributed by atoms with Gasteiger partial charge in [-0.15, -0.1) is 0 Å². The van der Waals surface area contributed by atoms with Gasteiger partial charge in [-0.3, -0.25) is 0 Å².